The monoisotopic (exact) mass is 299 g/mol. The van der Waals surface area contributed by atoms with Crippen molar-refractivity contribution in [3.8, 4) is 0 Å². The summed E-state index contributed by atoms with van der Waals surface area (Å²) in [5, 5.41) is 3.61. The molecule has 0 aliphatic rings. The number of rotatable bonds is 5. The second-order valence-corrected chi connectivity index (χ2v) is 4.75. The van der Waals surface area contributed by atoms with Gasteiger partial charge in [-0.1, -0.05) is 33.6 Å². The summed E-state index contributed by atoms with van der Waals surface area (Å²) in [6.07, 6.45) is 0. The van der Waals surface area contributed by atoms with E-state index < -0.39 is 0 Å². The Bertz CT molecular complexity index is 393. The van der Waals surface area contributed by atoms with Gasteiger partial charge in [-0.15, -0.1) is 0 Å². The first kappa shape index (κ1) is 14.2. The number of ether oxygens (including phenoxy) is 1. The van der Waals surface area contributed by atoms with Crippen LogP contribution in [-0.4, -0.2) is 31.0 Å². The lowest BCUT2D eigenvalue weighted by atomic mass is 10.1. The molecule has 1 aromatic carbocycles. The van der Waals surface area contributed by atoms with Crippen LogP contribution in [-0.2, 0) is 4.74 Å². The first-order valence-corrected chi connectivity index (χ1v) is 6.63. The van der Waals surface area contributed by atoms with E-state index in [1.165, 1.54) is 0 Å². The number of aryl methyl sites for hydroxylation is 2. The van der Waals surface area contributed by atoms with Crippen LogP contribution in [0.2, 0.25) is 0 Å². The van der Waals surface area contributed by atoms with Gasteiger partial charge in [0.1, 0.15) is 0 Å². The van der Waals surface area contributed by atoms with Crippen molar-refractivity contribution in [3.63, 3.8) is 0 Å². The number of hydrogen-bond donors (Lipinski definition) is 1. The highest BCUT2D eigenvalue weighted by Gasteiger charge is 2.14. The van der Waals surface area contributed by atoms with Gasteiger partial charge in [0.15, 0.2) is 0 Å². The van der Waals surface area contributed by atoms with Crippen LogP contribution in [0.5, 0.6) is 0 Å². The van der Waals surface area contributed by atoms with Crippen LogP contribution in [0, 0.1) is 13.8 Å². The molecule has 1 atom stereocenters. The van der Waals surface area contributed by atoms with Crippen LogP contribution in [0.3, 0.4) is 0 Å². The van der Waals surface area contributed by atoms with Gasteiger partial charge >= 0.3 is 0 Å². The van der Waals surface area contributed by atoms with E-state index in [4.69, 9.17) is 4.74 Å². The standard InChI is InChI=1S/C13H18BrNO2/c1-9-4-5-12(10(2)6-9)13(16)15-11(7-14)8-17-3/h4-6,11H,7-8H2,1-3H3,(H,15,16). The predicted octanol–water partition coefficient (Wildman–Crippen LogP) is 2.44. The topological polar surface area (TPSA) is 38.3 Å². The van der Waals surface area contributed by atoms with E-state index in [9.17, 15) is 4.79 Å². The molecule has 0 heterocycles. The zero-order chi connectivity index (χ0) is 12.8. The smallest absolute Gasteiger partial charge is 0.251 e. The van der Waals surface area contributed by atoms with Gasteiger partial charge in [0, 0.05) is 18.0 Å². The highest BCUT2D eigenvalue weighted by Crippen LogP contribution is 2.10. The number of amides is 1. The van der Waals surface area contributed by atoms with Crippen LogP contribution in [0.4, 0.5) is 0 Å². The van der Waals surface area contributed by atoms with Crippen LogP contribution in [0.15, 0.2) is 18.2 Å². The van der Waals surface area contributed by atoms with E-state index in [0.29, 0.717) is 11.9 Å². The Hall–Kier alpha value is -0.870. The zero-order valence-corrected chi connectivity index (χ0v) is 12.0. The second kappa shape index (κ2) is 6.77. The normalized spacial score (nSPS) is 12.2. The second-order valence-electron chi connectivity index (χ2n) is 4.10. The Balaban J connectivity index is 2.75. The molecular weight excluding hydrogens is 282 g/mol. The highest BCUT2D eigenvalue weighted by molar-refractivity contribution is 9.09. The third-order valence-corrected chi connectivity index (χ3v) is 3.30. The van der Waals surface area contributed by atoms with E-state index >= 15 is 0 Å². The summed E-state index contributed by atoms with van der Waals surface area (Å²) in [6, 6.07) is 5.81. The van der Waals surface area contributed by atoms with Crippen molar-refractivity contribution < 1.29 is 9.53 Å². The molecule has 0 spiro atoms. The maximum absolute atomic E-state index is 12.0. The first-order valence-electron chi connectivity index (χ1n) is 5.51. The molecule has 4 heteroatoms. The van der Waals surface area contributed by atoms with Crippen molar-refractivity contribution in [2.75, 3.05) is 19.0 Å². The van der Waals surface area contributed by atoms with Crippen LogP contribution >= 0.6 is 15.9 Å². The fourth-order valence-corrected chi connectivity index (χ4v) is 2.01. The molecule has 0 aromatic heterocycles. The van der Waals surface area contributed by atoms with Crippen molar-refractivity contribution in [2.45, 2.75) is 19.9 Å². The molecule has 0 aliphatic heterocycles. The van der Waals surface area contributed by atoms with E-state index in [0.717, 1.165) is 16.7 Å². The van der Waals surface area contributed by atoms with E-state index in [2.05, 4.69) is 21.2 Å². The fourth-order valence-electron chi connectivity index (χ4n) is 1.66. The van der Waals surface area contributed by atoms with Crippen molar-refractivity contribution in [2.24, 2.45) is 0 Å². The highest BCUT2D eigenvalue weighted by atomic mass is 79.9. The van der Waals surface area contributed by atoms with Crippen molar-refractivity contribution in [1.29, 1.82) is 0 Å². The largest absolute Gasteiger partial charge is 0.383 e. The van der Waals surface area contributed by atoms with Gasteiger partial charge in [-0.3, -0.25) is 4.79 Å². The minimum atomic E-state index is -0.0519. The Kier molecular flexibility index (Phi) is 5.65. The van der Waals surface area contributed by atoms with Gasteiger partial charge in [-0.05, 0) is 25.5 Å². The average molecular weight is 300 g/mol. The Labute approximate surface area is 111 Å². The van der Waals surface area contributed by atoms with Crippen LogP contribution in [0.25, 0.3) is 0 Å². The number of alkyl halides is 1. The molecule has 0 saturated carbocycles. The molecule has 0 bridgehead atoms. The molecule has 1 unspecified atom stereocenters. The molecular formula is C13H18BrNO2. The van der Waals surface area contributed by atoms with Crippen molar-refractivity contribution >= 4 is 21.8 Å². The lowest BCUT2D eigenvalue weighted by molar-refractivity contribution is 0.0907. The molecule has 1 N–H and O–H groups in total. The van der Waals surface area contributed by atoms with Gasteiger partial charge in [0.25, 0.3) is 5.91 Å². The summed E-state index contributed by atoms with van der Waals surface area (Å²) in [6.45, 7) is 4.46. The summed E-state index contributed by atoms with van der Waals surface area (Å²) in [7, 11) is 1.62. The predicted molar refractivity (Wildman–Crippen MR) is 72.8 cm³/mol. The number of hydrogen-bond acceptors (Lipinski definition) is 2. The molecule has 1 amide bonds. The lowest BCUT2D eigenvalue weighted by Crippen LogP contribution is -2.39. The number of nitrogens with one attached hydrogen (secondary N) is 1. The SMILES string of the molecule is COCC(CBr)NC(=O)c1ccc(C)cc1C. The molecule has 17 heavy (non-hydrogen) atoms. The van der Waals surface area contributed by atoms with Gasteiger partial charge < -0.3 is 10.1 Å². The third kappa shape index (κ3) is 4.13. The number of carbonyl (C=O) groups is 1. The summed E-state index contributed by atoms with van der Waals surface area (Å²) in [4.78, 5) is 12.0. The number of carbonyl (C=O) groups excluding carboxylic acids is 1. The average Bonchev–Trinajstić information content (AvgIpc) is 2.28. The van der Waals surface area contributed by atoms with Gasteiger partial charge in [0.2, 0.25) is 0 Å². The number of halogens is 1. The van der Waals surface area contributed by atoms with E-state index in [-0.39, 0.29) is 11.9 Å². The number of methoxy groups -OCH3 is 1. The molecule has 0 radical (unpaired) electrons. The molecule has 1 aromatic rings. The lowest BCUT2D eigenvalue weighted by Gasteiger charge is -2.16. The summed E-state index contributed by atoms with van der Waals surface area (Å²) in [5.74, 6) is -0.0519. The minimum Gasteiger partial charge on any atom is -0.383 e. The quantitative estimate of drug-likeness (QED) is 0.848. The first-order chi connectivity index (χ1) is 8.08. The third-order valence-electron chi connectivity index (χ3n) is 2.52. The minimum absolute atomic E-state index is 0.00629. The van der Waals surface area contributed by atoms with Crippen LogP contribution < -0.4 is 5.32 Å². The summed E-state index contributed by atoms with van der Waals surface area (Å²) < 4.78 is 5.04. The molecule has 3 nitrogen and oxygen atoms in total. The van der Waals surface area contributed by atoms with Gasteiger partial charge in [0.05, 0.1) is 12.6 Å². The summed E-state index contributed by atoms with van der Waals surface area (Å²) >= 11 is 3.35. The van der Waals surface area contributed by atoms with Gasteiger partial charge in [-0.25, -0.2) is 0 Å². The number of benzene rings is 1. The van der Waals surface area contributed by atoms with Crippen molar-refractivity contribution in [3.05, 3.63) is 34.9 Å². The maximum atomic E-state index is 12.0. The molecule has 0 saturated heterocycles. The molecule has 1 rings (SSSR count). The maximum Gasteiger partial charge on any atom is 0.251 e. The van der Waals surface area contributed by atoms with E-state index in [1.807, 2.05) is 32.0 Å². The van der Waals surface area contributed by atoms with Crippen LogP contribution in [0.1, 0.15) is 21.5 Å². The molecule has 0 fully saturated rings. The Morgan fingerprint density at radius 1 is 1.47 bits per heavy atom. The fraction of sp³-hybridized carbons (Fsp3) is 0.462. The van der Waals surface area contributed by atoms with Crippen molar-refractivity contribution in [1.82, 2.24) is 5.32 Å². The van der Waals surface area contributed by atoms with Gasteiger partial charge in [-0.2, -0.15) is 0 Å². The Morgan fingerprint density at radius 2 is 2.18 bits per heavy atom. The molecule has 94 valence electrons. The summed E-state index contributed by atoms with van der Waals surface area (Å²) in [5.41, 5.74) is 2.87. The Morgan fingerprint density at radius 3 is 2.71 bits per heavy atom. The van der Waals surface area contributed by atoms with E-state index in [1.54, 1.807) is 7.11 Å². The zero-order valence-electron chi connectivity index (χ0n) is 10.4. The molecule has 0 aliphatic carbocycles.